The number of amides is 1. The summed E-state index contributed by atoms with van der Waals surface area (Å²) in [5, 5.41) is 10.1. The number of aliphatic hydroxyl groups is 1. The molecule has 0 radical (unpaired) electrons. The minimum Gasteiger partial charge on any atom is -0.466 e. The van der Waals surface area contributed by atoms with Crippen LogP contribution in [0.15, 0.2) is 12.2 Å². The van der Waals surface area contributed by atoms with Gasteiger partial charge < -0.3 is 14.7 Å². The SMILES string of the molecule is CCCCC[C@@H](O)C=C[C@H]1CCC(=O)[C@@H]1CCCCCCC(=O)N1CCC(C(=O)OCC)CC1. The van der Waals surface area contributed by atoms with Crippen molar-refractivity contribution < 1.29 is 24.2 Å². The minimum atomic E-state index is -0.392. The Morgan fingerprint density at radius 1 is 1.06 bits per heavy atom. The van der Waals surface area contributed by atoms with Gasteiger partial charge in [0.15, 0.2) is 0 Å². The fourth-order valence-electron chi connectivity index (χ4n) is 5.29. The van der Waals surface area contributed by atoms with E-state index in [2.05, 4.69) is 13.0 Å². The number of allylic oxidation sites excluding steroid dienone is 1. The third-order valence-electron chi connectivity index (χ3n) is 7.46. The van der Waals surface area contributed by atoms with E-state index < -0.39 is 6.10 Å². The number of likely N-dealkylation sites (tertiary alicyclic amines) is 1. The number of esters is 1. The number of unbranched alkanes of at least 4 members (excludes halogenated alkanes) is 5. The van der Waals surface area contributed by atoms with Crippen LogP contribution in [0.3, 0.4) is 0 Å². The Labute approximate surface area is 206 Å². The molecular weight excluding hydrogens is 430 g/mol. The lowest BCUT2D eigenvalue weighted by Gasteiger charge is -2.31. The molecule has 6 heteroatoms. The lowest BCUT2D eigenvalue weighted by atomic mass is 9.89. The highest BCUT2D eigenvalue weighted by atomic mass is 16.5. The van der Waals surface area contributed by atoms with Crippen molar-refractivity contribution in [3.63, 3.8) is 0 Å². The Morgan fingerprint density at radius 2 is 1.79 bits per heavy atom. The fourth-order valence-corrected chi connectivity index (χ4v) is 5.29. The fraction of sp³-hybridized carbons (Fsp3) is 0.821. The summed E-state index contributed by atoms with van der Waals surface area (Å²) >= 11 is 0. The first-order valence-electron chi connectivity index (χ1n) is 13.8. The van der Waals surface area contributed by atoms with E-state index in [0.29, 0.717) is 51.2 Å². The van der Waals surface area contributed by atoms with Crippen LogP contribution in [0.5, 0.6) is 0 Å². The average molecular weight is 478 g/mol. The number of hydrogen-bond acceptors (Lipinski definition) is 5. The molecule has 2 aliphatic rings. The maximum Gasteiger partial charge on any atom is 0.309 e. The Kier molecular flexibility index (Phi) is 13.5. The summed E-state index contributed by atoms with van der Waals surface area (Å²) in [4.78, 5) is 38.6. The molecule has 1 heterocycles. The molecule has 0 unspecified atom stereocenters. The van der Waals surface area contributed by atoms with Crippen molar-refractivity contribution in [1.82, 2.24) is 4.90 Å². The molecule has 3 atom stereocenters. The Morgan fingerprint density at radius 3 is 2.50 bits per heavy atom. The number of rotatable bonds is 15. The van der Waals surface area contributed by atoms with Gasteiger partial charge in [0.05, 0.1) is 18.6 Å². The molecule has 1 N–H and O–H groups in total. The van der Waals surface area contributed by atoms with Gasteiger partial charge in [0.2, 0.25) is 5.91 Å². The van der Waals surface area contributed by atoms with E-state index in [0.717, 1.165) is 64.2 Å². The van der Waals surface area contributed by atoms with E-state index in [1.165, 1.54) is 0 Å². The predicted molar refractivity (Wildman–Crippen MR) is 134 cm³/mol. The van der Waals surface area contributed by atoms with Crippen LogP contribution in [0, 0.1) is 17.8 Å². The summed E-state index contributed by atoms with van der Waals surface area (Å²) in [6.45, 7) is 5.68. The number of nitrogens with zero attached hydrogens (tertiary/aromatic N) is 1. The number of carbonyl (C=O) groups is 3. The highest BCUT2D eigenvalue weighted by molar-refractivity contribution is 5.83. The van der Waals surface area contributed by atoms with Gasteiger partial charge in [-0.05, 0) is 51.4 Å². The molecule has 1 amide bonds. The lowest BCUT2D eigenvalue weighted by Crippen LogP contribution is -2.40. The molecule has 1 aliphatic heterocycles. The van der Waals surface area contributed by atoms with Crippen molar-refractivity contribution in [2.24, 2.45) is 17.8 Å². The maximum absolute atomic E-state index is 12.5. The number of aliphatic hydroxyl groups excluding tert-OH is 1. The molecule has 0 aromatic rings. The van der Waals surface area contributed by atoms with E-state index in [1.54, 1.807) is 0 Å². The van der Waals surface area contributed by atoms with Crippen molar-refractivity contribution in [3.8, 4) is 0 Å². The summed E-state index contributed by atoms with van der Waals surface area (Å²) in [7, 11) is 0. The Balaban J connectivity index is 1.58. The molecule has 2 fully saturated rings. The molecule has 1 saturated carbocycles. The third kappa shape index (κ3) is 9.89. The monoisotopic (exact) mass is 477 g/mol. The summed E-state index contributed by atoms with van der Waals surface area (Å²) in [5.74, 6) is 0.739. The second-order valence-electron chi connectivity index (χ2n) is 10.1. The minimum absolute atomic E-state index is 0.0645. The van der Waals surface area contributed by atoms with Gasteiger partial charge in [0.1, 0.15) is 5.78 Å². The van der Waals surface area contributed by atoms with Crippen molar-refractivity contribution in [1.29, 1.82) is 0 Å². The van der Waals surface area contributed by atoms with Gasteiger partial charge in [-0.2, -0.15) is 0 Å². The van der Waals surface area contributed by atoms with Gasteiger partial charge in [0, 0.05) is 31.8 Å². The van der Waals surface area contributed by atoms with Gasteiger partial charge in [-0.25, -0.2) is 0 Å². The number of carbonyl (C=O) groups excluding carboxylic acids is 3. The zero-order valence-electron chi connectivity index (χ0n) is 21.5. The highest BCUT2D eigenvalue weighted by Gasteiger charge is 2.32. The lowest BCUT2D eigenvalue weighted by molar-refractivity contribution is -0.151. The Bertz CT molecular complexity index is 653. The van der Waals surface area contributed by atoms with E-state index in [1.807, 2.05) is 17.9 Å². The number of ketones is 1. The van der Waals surface area contributed by atoms with Crippen LogP contribution >= 0.6 is 0 Å². The first-order valence-corrected chi connectivity index (χ1v) is 13.8. The first kappa shape index (κ1) is 28.5. The maximum atomic E-state index is 12.5. The molecular formula is C28H47NO5. The van der Waals surface area contributed by atoms with Crippen LogP contribution in [0.1, 0.15) is 104 Å². The largest absolute Gasteiger partial charge is 0.466 e. The summed E-state index contributed by atoms with van der Waals surface area (Å²) in [6.07, 6.45) is 16.1. The zero-order chi connectivity index (χ0) is 24.8. The molecule has 0 spiro atoms. The van der Waals surface area contributed by atoms with E-state index in [9.17, 15) is 19.5 Å². The van der Waals surface area contributed by atoms with Crippen molar-refractivity contribution in [2.75, 3.05) is 19.7 Å². The third-order valence-corrected chi connectivity index (χ3v) is 7.46. The molecule has 6 nitrogen and oxygen atoms in total. The van der Waals surface area contributed by atoms with Gasteiger partial charge >= 0.3 is 5.97 Å². The average Bonchev–Trinajstić information content (AvgIpc) is 3.19. The standard InChI is InChI=1S/C28H47NO5/c1-3-5-8-11-24(30)16-14-22-15-17-26(31)25(22)12-9-6-7-10-13-27(32)29-20-18-23(19-21-29)28(33)34-4-2/h14,16,22-25,30H,3-13,15,17-21H2,1-2H3/t22-,24+,25+/m0/s1. The second-order valence-corrected chi connectivity index (χ2v) is 10.1. The van der Waals surface area contributed by atoms with Crippen LogP contribution in [0.4, 0.5) is 0 Å². The highest BCUT2D eigenvalue weighted by Crippen LogP contribution is 2.34. The number of hydrogen-bond donors (Lipinski definition) is 1. The molecule has 1 saturated heterocycles. The van der Waals surface area contributed by atoms with Crippen LogP contribution < -0.4 is 0 Å². The van der Waals surface area contributed by atoms with Gasteiger partial charge in [-0.3, -0.25) is 14.4 Å². The quantitative estimate of drug-likeness (QED) is 0.199. The van der Waals surface area contributed by atoms with Crippen LogP contribution in [0.25, 0.3) is 0 Å². The number of piperidine rings is 1. The second kappa shape index (κ2) is 16.1. The van der Waals surface area contributed by atoms with Crippen LogP contribution in [-0.4, -0.2) is 53.5 Å². The molecule has 194 valence electrons. The van der Waals surface area contributed by atoms with E-state index in [4.69, 9.17) is 4.74 Å². The first-order chi connectivity index (χ1) is 16.5. The summed E-state index contributed by atoms with van der Waals surface area (Å²) in [6, 6.07) is 0. The summed E-state index contributed by atoms with van der Waals surface area (Å²) < 4.78 is 5.09. The van der Waals surface area contributed by atoms with Gasteiger partial charge in [-0.1, -0.05) is 57.6 Å². The smallest absolute Gasteiger partial charge is 0.309 e. The molecule has 1 aliphatic carbocycles. The van der Waals surface area contributed by atoms with Crippen LogP contribution in [-0.2, 0) is 19.1 Å². The molecule has 0 aromatic heterocycles. The van der Waals surface area contributed by atoms with Gasteiger partial charge in [0.25, 0.3) is 0 Å². The topological polar surface area (TPSA) is 83.9 Å². The molecule has 2 rings (SSSR count). The van der Waals surface area contributed by atoms with Crippen molar-refractivity contribution in [2.45, 2.75) is 110 Å². The molecule has 34 heavy (non-hydrogen) atoms. The predicted octanol–water partition coefficient (Wildman–Crippen LogP) is 5.22. The normalized spacial score (nSPS) is 22.4. The molecule has 0 aromatic carbocycles. The van der Waals surface area contributed by atoms with Crippen molar-refractivity contribution >= 4 is 17.7 Å². The summed E-state index contributed by atoms with van der Waals surface area (Å²) in [5.41, 5.74) is 0. The molecule has 0 bridgehead atoms. The van der Waals surface area contributed by atoms with Crippen LogP contribution in [0.2, 0.25) is 0 Å². The zero-order valence-corrected chi connectivity index (χ0v) is 21.5. The van der Waals surface area contributed by atoms with E-state index >= 15 is 0 Å². The Hall–Kier alpha value is -1.69. The van der Waals surface area contributed by atoms with E-state index in [-0.39, 0.29) is 29.6 Å². The van der Waals surface area contributed by atoms with Gasteiger partial charge in [-0.15, -0.1) is 0 Å². The number of ether oxygens (including phenoxy) is 1. The van der Waals surface area contributed by atoms with Crippen molar-refractivity contribution in [3.05, 3.63) is 12.2 Å². The number of Topliss-reactive ketones (excluding diaryl/α,β-unsaturated/α-hetero) is 1.